The van der Waals surface area contributed by atoms with Gasteiger partial charge in [-0.15, -0.1) is 10.2 Å². The molecule has 1 heterocycles. The molecule has 2 aromatic rings. The van der Waals surface area contributed by atoms with E-state index in [4.69, 9.17) is 5.26 Å². The molecule has 0 spiro atoms. The lowest BCUT2D eigenvalue weighted by molar-refractivity contribution is 0.244. The van der Waals surface area contributed by atoms with Crippen LogP contribution in [0.3, 0.4) is 0 Å². The molecule has 1 aliphatic carbocycles. The Morgan fingerprint density at radius 3 is 2.48 bits per heavy atom. The zero-order chi connectivity index (χ0) is 17.5. The van der Waals surface area contributed by atoms with Crippen LogP contribution in [-0.2, 0) is 0 Å². The van der Waals surface area contributed by atoms with Gasteiger partial charge in [0, 0.05) is 6.04 Å². The average molecular weight is 336 g/mol. The van der Waals surface area contributed by atoms with Gasteiger partial charge in [-0.25, -0.2) is 4.79 Å². The SMILES string of the molecule is N#Cc1ccccc1Nc1ccc(NC(=O)NC2CCCCC2)nn1. The summed E-state index contributed by atoms with van der Waals surface area (Å²) in [4.78, 5) is 12.0. The quantitative estimate of drug-likeness (QED) is 0.792. The number of anilines is 3. The molecule has 1 saturated carbocycles. The topological polar surface area (TPSA) is 103 Å². The minimum atomic E-state index is -0.253. The second-order valence-corrected chi connectivity index (χ2v) is 6.02. The molecule has 0 saturated heterocycles. The second kappa shape index (κ2) is 8.11. The van der Waals surface area contributed by atoms with Crippen LogP contribution >= 0.6 is 0 Å². The van der Waals surface area contributed by atoms with E-state index in [1.54, 1.807) is 30.3 Å². The number of benzene rings is 1. The fraction of sp³-hybridized carbons (Fsp3) is 0.333. The number of nitrogens with zero attached hydrogens (tertiary/aromatic N) is 3. The molecule has 3 rings (SSSR count). The molecule has 1 aromatic heterocycles. The van der Waals surface area contributed by atoms with Crippen molar-refractivity contribution in [2.75, 3.05) is 10.6 Å². The summed E-state index contributed by atoms with van der Waals surface area (Å²) in [6, 6.07) is 12.6. The first-order valence-corrected chi connectivity index (χ1v) is 8.42. The minimum absolute atomic E-state index is 0.241. The van der Waals surface area contributed by atoms with Crippen molar-refractivity contribution in [1.82, 2.24) is 15.5 Å². The maximum Gasteiger partial charge on any atom is 0.320 e. The van der Waals surface area contributed by atoms with Crippen LogP contribution in [0.5, 0.6) is 0 Å². The number of hydrogen-bond donors (Lipinski definition) is 3. The Morgan fingerprint density at radius 1 is 1.04 bits per heavy atom. The number of amides is 2. The Hall–Kier alpha value is -3.14. The average Bonchev–Trinajstić information content (AvgIpc) is 2.64. The normalized spacial score (nSPS) is 14.4. The fourth-order valence-corrected chi connectivity index (χ4v) is 2.88. The van der Waals surface area contributed by atoms with E-state index < -0.39 is 0 Å². The summed E-state index contributed by atoms with van der Waals surface area (Å²) < 4.78 is 0. The molecule has 0 unspecified atom stereocenters. The molecule has 2 amide bonds. The van der Waals surface area contributed by atoms with E-state index in [2.05, 4.69) is 32.2 Å². The van der Waals surface area contributed by atoms with E-state index in [-0.39, 0.29) is 12.1 Å². The third kappa shape index (κ3) is 4.67. The van der Waals surface area contributed by atoms with Crippen LogP contribution in [0.25, 0.3) is 0 Å². The van der Waals surface area contributed by atoms with Gasteiger partial charge in [-0.2, -0.15) is 5.26 Å². The smallest absolute Gasteiger partial charge is 0.320 e. The summed E-state index contributed by atoms with van der Waals surface area (Å²) >= 11 is 0. The van der Waals surface area contributed by atoms with E-state index in [9.17, 15) is 4.79 Å². The molecule has 25 heavy (non-hydrogen) atoms. The maximum atomic E-state index is 12.0. The molecular weight excluding hydrogens is 316 g/mol. The fourth-order valence-electron chi connectivity index (χ4n) is 2.88. The van der Waals surface area contributed by atoms with E-state index in [1.165, 1.54) is 6.42 Å². The third-order valence-electron chi connectivity index (χ3n) is 4.16. The van der Waals surface area contributed by atoms with Gasteiger partial charge in [0.15, 0.2) is 11.6 Å². The van der Waals surface area contributed by atoms with Crippen molar-refractivity contribution in [3.8, 4) is 6.07 Å². The molecule has 7 nitrogen and oxygen atoms in total. The van der Waals surface area contributed by atoms with Crippen molar-refractivity contribution in [3.63, 3.8) is 0 Å². The predicted octanol–water partition coefficient (Wildman–Crippen LogP) is 3.55. The standard InChI is InChI=1S/C18H20N6O/c19-12-13-6-4-5-9-15(13)21-16-10-11-17(24-23-16)22-18(25)20-14-7-2-1-3-8-14/h4-6,9-11,14H,1-3,7-8H2,(H,21,23)(H2,20,22,24,25). The highest BCUT2D eigenvalue weighted by atomic mass is 16.2. The molecule has 0 atom stereocenters. The molecule has 7 heteroatoms. The van der Waals surface area contributed by atoms with Gasteiger partial charge in [0.2, 0.25) is 0 Å². The van der Waals surface area contributed by atoms with Crippen LogP contribution < -0.4 is 16.0 Å². The minimum Gasteiger partial charge on any atom is -0.338 e. The lowest BCUT2D eigenvalue weighted by Gasteiger charge is -2.22. The highest BCUT2D eigenvalue weighted by Crippen LogP contribution is 2.19. The van der Waals surface area contributed by atoms with E-state index in [0.717, 1.165) is 25.7 Å². The maximum absolute atomic E-state index is 12.0. The Labute approximate surface area is 146 Å². The number of nitriles is 1. The number of carbonyl (C=O) groups excluding carboxylic acids is 1. The first kappa shape index (κ1) is 16.7. The summed E-state index contributed by atoms with van der Waals surface area (Å²) in [6.45, 7) is 0. The van der Waals surface area contributed by atoms with Crippen LogP contribution in [0.4, 0.5) is 22.1 Å². The zero-order valence-corrected chi connectivity index (χ0v) is 13.8. The lowest BCUT2D eigenvalue weighted by atomic mass is 9.96. The highest BCUT2D eigenvalue weighted by molar-refractivity contribution is 5.88. The number of carbonyl (C=O) groups is 1. The van der Waals surface area contributed by atoms with Crippen molar-refractivity contribution >= 4 is 23.4 Å². The number of urea groups is 1. The Kier molecular flexibility index (Phi) is 5.42. The molecule has 1 aromatic carbocycles. The van der Waals surface area contributed by atoms with E-state index >= 15 is 0 Å². The number of nitrogens with one attached hydrogen (secondary N) is 3. The van der Waals surface area contributed by atoms with Crippen LogP contribution in [0.15, 0.2) is 36.4 Å². The number of para-hydroxylation sites is 1. The van der Waals surface area contributed by atoms with Gasteiger partial charge in [0.05, 0.1) is 11.3 Å². The van der Waals surface area contributed by atoms with Crippen molar-refractivity contribution in [1.29, 1.82) is 5.26 Å². The summed E-state index contributed by atoms with van der Waals surface area (Å²) in [7, 11) is 0. The monoisotopic (exact) mass is 336 g/mol. The van der Waals surface area contributed by atoms with Crippen LogP contribution in [0.2, 0.25) is 0 Å². The summed E-state index contributed by atoms with van der Waals surface area (Å²) in [6.07, 6.45) is 5.62. The molecule has 3 N–H and O–H groups in total. The number of rotatable bonds is 4. The van der Waals surface area contributed by atoms with Gasteiger partial charge in [-0.1, -0.05) is 31.4 Å². The second-order valence-electron chi connectivity index (χ2n) is 6.02. The number of aromatic nitrogens is 2. The Bertz CT molecular complexity index is 762. The first-order valence-electron chi connectivity index (χ1n) is 8.42. The third-order valence-corrected chi connectivity index (χ3v) is 4.16. The summed E-state index contributed by atoms with van der Waals surface area (Å²) in [5.41, 5.74) is 1.19. The number of hydrogen-bond acceptors (Lipinski definition) is 5. The van der Waals surface area contributed by atoms with Gasteiger partial charge in [-0.05, 0) is 37.1 Å². The highest BCUT2D eigenvalue weighted by Gasteiger charge is 2.15. The lowest BCUT2D eigenvalue weighted by Crippen LogP contribution is -2.39. The molecule has 1 fully saturated rings. The van der Waals surface area contributed by atoms with E-state index in [1.807, 2.05) is 6.07 Å². The zero-order valence-electron chi connectivity index (χ0n) is 13.8. The molecular formula is C18H20N6O. The molecule has 0 aliphatic heterocycles. The van der Waals surface area contributed by atoms with Crippen LogP contribution in [0.1, 0.15) is 37.7 Å². The van der Waals surface area contributed by atoms with Crippen molar-refractivity contribution in [3.05, 3.63) is 42.0 Å². The molecule has 0 radical (unpaired) electrons. The largest absolute Gasteiger partial charge is 0.338 e. The van der Waals surface area contributed by atoms with Gasteiger partial charge in [0.1, 0.15) is 6.07 Å². The summed E-state index contributed by atoms with van der Waals surface area (Å²) in [5.74, 6) is 0.883. The van der Waals surface area contributed by atoms with Crippen molar-refractivity contribution in [2.24, 2.45) is 0 Å². The van der Waals surface area contributed by atoms with Gasteiger partial charge in [-0.3, -0.25) is 5.32 Å². The van der Waals surface area contributed by atoms with Gasteiger partial charge >= 0.3 is 6.03 Å². The predicted molar refractivity (Wildman–Crippen MR) is 95.5 cm³/mol. The van der Waals surface area contributed by atoms with Crippen molar-refractivity contribution < 1.29 is 4.79 Å². The molecule has 128 valence electrons. The van der Waals surface area contributed by atoms with Crippen LogP contribution in [0, 0.1) is 11.3 Å². The van der Waals surface area contributed by atoms with Gasteiger partial charge in [0.25, 0.3) is 0 Å². The van der Waals surface area contributed by atoms with Crippen molar-refractivity contribution in [2.45, 2.75) is 38.1 Å². The van der Waals surface area contributed by atoms with Crippen LogP contribution in [-0.4, -0.2) is 22.3 Å². The first-order chi connectivity index (χ1) is 12.2. The molecule has 1 aliphatic rings. The van der Waals surface area contributed by atoms with Gasteiger partial charge < -0.3 is 10.6 Å². The Balaban J connectivity index is 1.56. The Morgan fingerprint density at radius 2 is 1.76 bits per heavy atom. The summed E-state index contributed by atoms with van der Waals surface area (Å²) in [5, 5.41) is 25.8. The van der Waals surface area contributed by atoms with E-state index in [0.29, 0.717) is 22.9 Å². The molecule has 0 bridgehead atoms.